The summed E-state index contributed by atoms with van der Waals surface area (Å²) in [5.74, 6) is 1.06. The van der Waals surface area contributed by atoms with Crippen LogP contribution in [0.15, 0.2) is 30.6 Å². The van der Waals surface area contributed by atoms with Crippen molar-refractivity contribution in [2.75, 3.05) is 6.61 Å². The normalized spacial score (nSPS) is 10.2. The van der Waals surface area contributed by atoms with Crippen LogP contribution in [0.25, 0.3) is 0 Å². The van der Waals surface area contributed by atoms with E-state index < -0.39 is 0 Å². The predicted molar refractivity (Wildman–Crippen MR) is 67.7 cm³/mol. The Hall–Kier alpha value is -2.37. The van der Waals surface area contributed by atoms with Gasteiger partial charge in [0.2, 0.25) is 0 Å². The molecule has 1 heterocycles. The molecule has 0 saturated heterocycles. The van der Waals surface area contributed by atoms with Crippen LogP contribution in [0.3, 0.4) is 0 Å². The summed E-state index contributed by atoms with van der Waals surface area (Å²) in [5.41, 5.74) is 0.507. The van der Waals surface area contributed by atoms with Gasteiger partial charge in [-0.05, 0) is 31.2 Å². The van der Waals surface area contributed by atoms with Gasteiger partial charge < -0.3 is 14.0 Å². The van der Waals surface area contributed by atoms with Gasteiger partial charge in [-0.2, -0.15) is 0 Å². The number of carbonyl (C=O) groups excluding carboxylic acids is 1. The molecule has 0 aliphatic heterocycles. The Labute approximate surface area is 111 Å². The van der Waals surface area contributed by atoms with E-state index in [0.29, 0.717) is 24.5 Å². The monoisotopic (exact) mass is 261 g/mol. The highest BCUT2D eigenvalue weighted by molar-refractivity contribution is 5.89. The van der Waals surface area contributed by atoms with E-state index in [9.17, 15) is 4.79 Å². The maximum atomic E-state index is 11.5. The van der Waals surface area contributed by atoms with Gasteiger partial charge >= 0.3 is 5.97 Å². The SMILES string of the molecule is CCOC(=O)c1ccc(OCc2nncn2C)cc1. The second-order valence-electron chi connectivity index (χ2n) is 3.89. The van der Waals surface area contributed by atoms with Crippen molar-refractivity contribution in [3.63, 3.8) is 0 Å². The van der Waals surface area contributed by atoms with E-state index in [2.05, 4.69) is 10.2 Å². The third-order valence-electron chi connectivity index (χ3n) is 2.54. The summed E-state index contributed by atoms with van der Waals surface area (Å²) in [6.07, 6.45) is 1.61. The van der Waals surface area contributed by atoms with Gasteiger partial charge in [0.05, 0.1) is 12.2 Å². The second kappa shape index (κ2) is 5.99. The molecule has 0 unspecified atom stereocenters. The molecular weight excluding hydrogens is 246 g/mol. The van der Waals surface area contributed by atoms with Crippen molar-refractivity contribution < 1.29 is 14.3 Å². The average molecular weight is 261 g/mol. The first-order valence-electron chi connectivity index (χ1n) is 5.93. The van der Waals surface area contributed by atoms with E-state index >= 15 is 0 Å². The summed E-state index contributed by atoms with van der Waals surface area (Å²) in [7, 11) is 1.85. The molecule has 0 N–H and O–H groups in total. The number of hydrogen-bond donors (Lipinski definition) is 0. The Morgan fingerprint density at radius 3 is 2.63 bits per heavy atom. The number of carbonyl (C=O) groups is 1. The van der Waals surface area contributed by atoms with E-state index in [0.717, 1.165) is 5.82 Å². The molecular formula is C13H15N3O3. The lowest BCUT2D eigenvalue weighted by Crippen LogP contribution is -2.05. The number of ether oxygens (including phenoxy) is 2. The van der Waals surface area contributed by atoms with Crippen LogP contribution in [-0.4, -0.2) is 27.3 Å². The minimum Gasteiger partial charge on any atom is -0.486 e. The molecule has 100 valence electrons. The number of nitrogens with zero attached hydrogens (tertiary/aromatic N) is 3. The van der Waals surface area contributed by atoms with Crippen molar-refractivity contribution in [2.24, 2.45) is 7.05 Å². The summed E-state index contributed by atoms with van der Waals surface area (Å²) < 4.78 is 12.2. The standard InChI is InChI=1S/C13H15N3O3/c1-3-18-13(17)10-4-6-11(7-5-10)19-8-12-15-14-9-16(12)2/h4-7,9H,3,8H2,1-2H3. The van der Waals surface area contributed by atoms with Crippen LogP contribution in [-0.2, 0) is 18.4 Å². The lowest BCUT2D eigenvalue weighted by Gasteiger charge is -2.06. The van der Waals surface area contributed by atoms with Crippen LogP contribution in [0.5, 0.6) is 5.75 Å². The topological polar surface area (TPSA) is 66.2 Å². The maximum Gasteiger partial charge on any atom is 0.338 e. The van der Waals surface area contributed by atoms with Gasteiger partial charge in [0, 0.05) is 7.05 Å². The zero-order valence-electron chi connectivity index (χ0n) is 10.9. The lowest BCUT2D eigenvalue weighted by atomic mass is 10.2. The molecule has 0 saturated carbocycles. The summed E-state index contributed by atoms with van der Waals surface area (Å²) >= 11 is 0. The maximum absolute atomic E-state index is 11.5. The third kappa shape index (κ3) is 3.31. The van der Waals surface area contributed by atoms with Gasteiger partial charge in [0.15, 0.2) is 5.82 Å². The molecule has 1 aromatic carbocycles. The average Bonchev–Trinajstić information content (AvgIpc) is 2.83. The predicted octanol–water partition coefficient (Wildman–Crippen LogP) is 1.57. The van der Waals surface area contributed by atoms with Gasteiger partial charge in [0.1, 0.15) is 18.7 Å². The number of benzene rings is 1. The molecule has 2 rings (SSSR count). The molecule has 6 heteroatoms. The zero-order chi connectivity index (χ0) is 13.7. The Kier molecular flexibility index (Phi) is 4.12. The van der Waals surface area contributed by atoms with Crippen molar-refractivity contribution in [3.05, 3.63) is 42.0 Å². The minimum atomic E-state index is -0.331. The molecule has 0 radical (unpaired) electrons. The molecule has 0 spiro atoms. The van der Waals surface area contributed by atoms with E-state index in [1.807, 2.05) is 7.05 Å². The molecule has 0 atom stereocenters. The fraction of sp³-hybridized carbons (Fsp3) is 0.308. The number of hydrogen-bond acceptors (Lipinski definition) is 5. The molecule has 6 nitrogen and oxygen atoms in total. The molecule has 19 heavy (non-hydrogen) atoms. The molecule has 2 aromatic rings. The van der Waals surface area contributed by atoms with Gasteiger partial charge in [-0.15, -0.1) is 10.2 Å². The molecule has 0 bridgehead atoms. The van der Waals surface area contributed by atoms with E-state index in [1.54, 1.807) is 42.1 Å². The van der Waals surface area contributed by atoms with Crippen LogP contribution >= 0.6 is 0 Å². The van der Waals surface area contributed by atoms with Gasteiger partial charge in [0.25, 0.3) is 0 Å². The Morgan fingerprint density at radius 1 is 1.32 bits per heavy atom. The van der Waals surface area contributed by atoms with Crippen molar-refractivity contribution in [1.82, 2.24) is 14.8 Å². The zero-order valence-corrected chi connectivity index (χ0v) is 10.9. The molecule has 0 aliphatic rings. The first-order valence-corrected chi connectivity index (χ1v) is 5.93. The van der Waals surface area contributed by atoms with Gasteiger partial charge in [-0.3, -0.25) is 0 Å². The number of aromatic nitrogens is 3. The molecule has 0 aliphatic carbocycles. The van der Waals surface area contributed by atoms with Crippen LogP contribution in [0.1, 0.15) is 23.1 Å². The van der Waals surface area contributed by atoms with Crippen LogP contribution in [0, 0.1) is 0 Å². The highest BCUT2D eigenvalue weighted by atomic mass is 16.5. The van der Waals surface area contributed by atoms with Crippen molar-refractivity contribution in [1.29, 1.82) is 0 Å². The fourth-order valence-electron chi connectivity index (χ4n) is 1.49. The fourth-order valence-corrected chi connectivity index (χ4v) is 1.49. The van der Waals surface area contributed by atoms with Crippen LogP contribution < -0.4 is 4.74 Å². The highest BCUT2D eigenvalue weighted by Crippen LogP contribution is 2.14. The quantitative estimate of drug-likeness (QED) is 0.764. The number of esters is 1. The number of rotatable bonds is 5. The summed E-state index contributed by atoms with van der Waals surface area (Å²) in [6, 6.07) is 6.79. The van der Waals surface area contributed by atoms with Crippen molar-refractivity contribution in [2.45, 2.75) is 13.5 Å². The first kappa shape index (κ1) is 13.1. The number of aryl methyl sites for hydroxylation is 1. The van der Waals surface area contributed by atoms with Crippen molar-refractivity contribution >= 4 is 5.97 Å². The molecule has 0 fully saturated rings. The van der Waals surface area contributed by atoms with Gasteiger partial charge in [-0.25, -0.2) is 4.79 Å². The summed E-state index contributed by atoms with van der Waals surface area (Å²) in [4.78, 5) is 11.5. The minimum absolute atomic E-state index is 0.329. The highest BCUT2D eigenvalue weighted by Gasteiger charge is 2.06. The van der Waals surface area contributed by atoms with Gasteiger partial charge in [-0.1, -0.05) is 0 Å². The van der Waals surface area contributed by atoms with Crippen LogP contribution in [0.2, 0.25) is 0 Å². The lowest BCUT2D eigenvalue weighted by molar-refractivity contribution is 0.0526. The Bertz CT molecular complexity index is 549. The third-order valence-corrected chi connectivity index (χ3v) is 2.54. The second-order valence-corrected chi connectivity index (χ2v) is 3.89. The molecule has 0 amide bonds. The Morgan fingerprint density at radius 2 is 2.05 bits per heavy atom. The smallest absolute Gasteiger partial charge is 0.338 e. The Balaban J connectivity index is 1.95. The first-order chi connectivity index (χ1) is 9.20. The molecule has 1 aromatic heterocycles. The van der Waals surface area contributed by atoms with Crippen molar-refractivity contribution in [3.8, 4) is 5.75 Å². The summed E-state index contributed by atoms with van der Waals surface area (Å²) in [5, 5.41) is 7.68. The largest absolute Gasteiger partial charge is 0.486 e. The van der Waals surface area contributed by atoms with E-state index in [-0.39, 0.29) is 5.97 Å². The van der Waals surface area contributed by atoms with E-state index in [1.165, 1.54) is 0 Å². The van der Waals surface area contributed by atoms with Crippen LogP contribution in [0.4, 0.5) is 0 Å². The van der Waals surface area contributed by atoms with E-state index in [4.69, 9.17) is 9.47 Å². The summed E-state index contributed by atoms with van der Waals surface area (Å²) in [6.45, 7) is 2.47.